The van der Waals surface area contributed by atoms with Crippen molar-refractivity contribution in [2.45, 2.75) is 39.0 Å². The monoisotopic (exact) mass is 484 g/mol. The van der Waals surface area contributed by atoms with E-state index in [-0.39, 0.29) is 25.1 Å². The number of hydrogen-bond donors (Lipinski definition) is 1. The van der Waals surface area contributed by atoms with Crippen molar-refractivity contribution >= 4 is 17.6 Å². The number of nitrogens with one attached hydrogen (secondary N) is 1. The third kappa shape index (κ3) is 6.56. The fourth-order valence-electron chi connectivity index (χ4n) is 3.62. The van der Waals surface area contributed by atoms with Crippen molar-refractivity contribution in [3.05, 3.63) is 82.7 Å². The lowest BCUT2D eigenvalue weighted by molar-refractivity contribution is -0.137. The molecule has 0 fully saturated rings. The molecule has 0 saturated heterocycles. The van der Waals surface area contributed by atoms with Crippen LogP contribution in [0.25, 0.3) is 0 Å². The van der Waals surface area contributed by atoms with E-state index < -0.39 is 11.7 Å². The van der Waals surface area contributed by atoms with Crippen LogP contribution in [0.5, 0.6) is 5.75 Å². The molecule has 4 rings (SSSR count). The van der Waals surface area contributed by atoms with Crippen LogP contribution in [0.1, 0.15) is 40.8 Å². The minimum atomic E-state index is -4.37. The second-order valence-corrected chi connectivity index (χ2v) is 8.04. The largest absolute Gasteiger partial charge is 0.484 e. The van der Waals surface area contributed by atoms with E-state index in [4.69, 9.17) is 9.57 Å². The van der Waals surface area contributed by atoms with Gasteiger partial charge in [0.25, 0.3) is 5.91 Å². The molecular weight excluding hydrogens is 461 g/mol. The smallest absolute Gasteiger partial charge is 0.416 e. The second kappa shape index (κ2) is 10.5. The Bertz CT molecular complexity index is 1230. The summed E-state index contributed by atoms with van der Waals surface area (Å²) in [5.74, 6) is 0.407. The molecule has 0 radical (unpaired) electrons. The maximum Gasteiger partial charge on any atom is 0.416 e. The van der Waals surface area contributed by atoms with Gasteiger partial charge in [0, 0.05) is 17.5 Å². The molecule has 3 aromatic rings. The number of ether oxygens (including phenoxy) is 1. The Balaban J connectivity index is 1.33. The molecule has 1 aliphatic carbocycles. The van der Waals surface area contributed by atoms with Crippen molar-refractivity contribution in [1.82, 2.24) is 9.97 Å². The molecule has 10 heteroatoms. The summed E-state index contributed by atoms with van der Waals surface area (Å²) < 4.78 is 43.7. The van der Waals surface area contributed by atoms with Crippen molar-refractivity contribution in [3.8, 4) is 5.75 Å². The van der Waals surface area contributed by atoms with Crippen LogP contribution in [0.2, 0.25) is 0 Å². The highest BCUT2D eigenvalue weighted by Crippen LogP contribution is 2.29. The van der Waals surface area contributed by atoms with Crippen LogP contribution < -0.4 is 10.1 Å². The molecule has 0 unspecified atom stereocenters. The van der Waals surface area contributed by atoms with E-state index in [0.29, 0.717) is 11.3 Å². The number of anilines is 1. The lowest BCUT2D eigenvalue weighted by Crippen LogP contribution is -2.21. The van der Waals surface area contributed by atoms with E-state index in [0.717, 1.165) is 53.9 Å². The van der Waals surface area contributed by atoms with Gasteiger partial charge in [0.1, 0.15) is 12.4 Å². The van der Waals surface area contributed by atoms with E-state index >= 15 is 0 Å². The van der Waals surface area contributed by atoms with E-state index in [1.165, 1.54) is 12.1 Å². The first-order valence-electron chi connectivity index (χ1n) is 11.0. The average molecular weight is 484 g/mol. The van der Waals surface area contributed by atoms with Crippen molar-refractivity contribution in [3.63, 3.8) is 0 Å². The summed E-state index contributed by atoms with van der Waals surface area (Å²) in [5.41, 5.74) is 3.34. The summed E-state index contributed by atoms with van der Waals surface area (Å²) in [6.07, 6.45) is -0.390. The molecule has 1 heterocycles. The lowest BCUT2D eigenvalue weighted by atomic mass is 9.90. The minimum absolute atomic E-state index is 0.0674. The van der Waals surface area contributed by atoms with Gasteiger partial charge in [-0.3, -0.25) is 10.1 Å². The topological polar surface area (TPSA) is 85.7 Å². The maximum atomic E-state index is 12.7. The Labute approximate surface area is 200 Å². The first-order chi connectivity index (χ1) is 16.8. The summed E-state index contributed by atoms with van der Waals surface area (Å²) in [5, 5.41) is 6.82. The van der Waals surface area contributed by atoms with Gasteiger partial charge < -0.3 is 9.57 Å². The number of oxime groups is 1. The molecule has 1 aliphatic rings. The summed E-state index contributed by atoms with van der Waals surface area (Å²) >= 11 is 0. The fourth-order valence-corrected chi connectivity index (χ4v) is 3.62. The fraction of sp³-hybridized carbons (Fsp3) is 0.280. The number of fused-ring (bicyclic) bond motifs is 1. The maximum absolute atomic E-state index is 12.7. The number of amides is 1. The second-order valence-electron chi connectivity index (χ2n) is 8.04. The van der Waals surface area contributed by atoms with Crippen molar-refractivity contribution in [2.75, 3.05) is 11.9 Å². The standard InChI is InChI=1S/C25H23F3N4O3/c1-16-11-12-29-24(30-16)31-23(33)15-34-20-9-10-21-18(13-20)3-2-4-22(21)32-35-14-17-5-7-19(8-6-17)25(26,27)28/h5-13H,2-4,14-15H2,1H3,(H,29,30,31,33)/b32-22-. The predicted octanol–water partition coefficient (Wildman–Crippen LogP) is 5.08. The van der Waals surface area contributed by atoms with Gasteiger partial charge in [-0.05, 0) is 73.7 Å². The molecule has 1 amide bonds. The number of rotatable bonds is 7. The Morgan fingerprint density at radius 2 is 1.91 bits per heavy atom. The lowest BCUT2D eigenvalue weighted by Gasteiger charge is -2.18. The molecule has 182 valence electrons. The van der Waals surface area contributed by atoms with Crippen LogP contribution in [0.15, 0.2) is 59.9 Å². The van der Waals surface area contributed by atoms with E-state index in [1.54, 1.807) is 25.3 Å². The van der Waals surface area contributed by atoms with Crippen LogP contribution in [-0.4, -0.2) is 28.2 Å². The molecule has 7 nitrogen and oxygen atoms in total. The zero-order valence-electron chi connectivity index (χ0n) is 18.9. The number of carbonyl (C=O) groups is 1. The van der Waals surface area contributed by atoms with Gasteiger partial charge in [0.05, 0.1) is 11.3 Å². The highest BCUT2D eigenvalue weighted by molar-refractivity contribution is 6.02. The number of benzene rings is 2. The van der Waals surface area contributed by atoms with E-state index in [9.17, 15) is 18.0 Å². The highest BCUT2D eigenvalue weighted by Gasteiger charge is 2.29. The number of carbonyl (C=O) groups excluding carboxylic acids is 1. The van der Waals surface area contributed by atoms with Crippen LogP contribution in [0.3, 0.4) is 0 Å². The van der Waals surface area contributed by atoms with E-state index in [2.05, 4.69) is 20.4 Å². The highest BCUT2D eigenvalue weighted by atomic mass is 19.4. The number of aromatic nitrogens is 2. The first kappa shape index (κ1) is 24.2. The van der Waals surface area contributed by atoms with Crippen molar-refractivity contribution < 1.29 is 27.5 Å². The van der Waals surface area contributed by atoms with Gasteiger partial charge in [0.2, 0.25) is 5.95 Å². The van der Waals surface area contributed by atoms with Gasteiger partial charge in [0.15, 0.2) is 6.61 Å². The van der Waals surface area contributed by atoms with Gasteiger partial charge in [-0.2, -0.15) is 13.2 Å². The molecule has 1 aromatic heterocycles. The Hall–Kier alpha value is -3.95. The number of hydrogen-bond acceptors (Lipinski definition) is 6. The third-order valence-corrected chi connectivity index (χ3v) is 5.35. The Kier molecular flexibility index (Phi) is 7.28. The van der Waals surface area contributed by atoms with Crippen LogP contribution in [0.4, 0.5) is 19.1 Å². The van der Waals surface area contributed by atoms with Crippen LogP contribution in [0, 0.1) is 6.92 Å². The van der Waals surface area contributed by atoms with E-state index in [1.807, 2.05) is 12.1 Å². The van der Waals surface area contributed by atoms with Crippen LogP contribution >= 0.6 is 0 Å². The minimum Gasteiger partial charge on any atom is -0.484 e. The Morgan fingerprint density at radius 3 is 2.66 bits per heavy atom. The summed E-state index contributed by atoms with van der Waals surface area (Å²) in [6.45, 7) is 1.68. The van der Waals surface area contributed by atoms with Gasteiger partial charge in [-0.25, -0.2) is 9.97 Å². The number of nitrogens with zero attached hydrogens (tertiary/aromatic N) is 3. The zero-order valence-corrected chi connectivity index (χ0v) is 18.9. The molecule has 0 bridgehead atoms. The quantitative estimate of drug-likeness (QED) is 0.473. The molecule has 0 aliphatic heterocycles. The van der Waals surface area contributed by atoms with Gasteiger partial charge in [-0.15, -0.1) is 0 Å². The number of alkyl halides is 3. The van der Waals surface area contributed by atoms with Gasteiger partial charge >= 0.3 is 6.18 Å². The zero-order chi connectivity index (χ0) is 24.8. The normalized spacial score (nSPS) is 14.3. The molecule has 0 saturated carbocycles. The first-order valence-corrected chi connectivity index (χ1v) is 11.0. The molecule has 35 heavy (non-hydrogen) atoms. The third-order valence-electron chi connectivity index (χ3n) is 5.35. The van der Waals surface area contributed by atoms with Gasteiger partial charge in [-0.1, -0.05) is 17.3 Å². The summed E-state index contributed by atoms with van der Waals surface area (Å²) in [6, 6.07) is 12.0. The number of aryl methyl sites for hydroxylation is 2. The predicted molar refractivity (Wildman–Crippen MR) is 123 cm³/mol. The average Bonchev–Trinajstić information content (AvgIpc) is 2.82. The SMILES string of the molecule is Cc1ccnc(NC(=O)COc2ccc3c(c2)CCC/C3=N/OCc2ccc(C(F)(F)F)cc2)n1. The molecule has 1 N–H and O–H groups in total. The molecule has 0 atom stereocenters. The molecule has 0 spiro atoms. The molecular formula is C25H23F3N4O3. The Morgan fingerprint density at radius 1 is 1.11 bits per heavy atom. The number of halogens is 3. The van der Waals surface area contributed by atoms with Crippen molar-refractivity contribution in [1.29, 1.82) is 0 Å². The summed E-state index contributed by atoms with van der Waals surface area (Å²) in [7, 11) is 0. The summed E-state index contributed by atoms with van der Waals surface area (Å²) in [4.78, 5) is 25.7. The molecule has 2 aromatic carbocycles. The van der Waals surface area contributed by atoms with Crippen molar-refractivity contribution in [2.24, 2.45) is 5.16 Å². The van der Waals surface area contributed by atoms with Crippen LogP contribution in [-0.2, 0) is 28.8 Å².